The fourth-order valence-corrected chi connectivity index (χ4v) is 2.62. The summed E-state index contributed by atoms with van der Waals surface area (Å²) in [4.78, 5) is 0. The maximum Gasteiger partial charge on any atom is 0.106 e. The minimum atomic E-state index is 1.14. The Morgan fingerprint density at radius 2 is 1.32 bits per heavy atom. The predicted octanol–water partition coefficient (Wildman–Crippen LogP) is 6.31. The molecule has 0 spiro atoms. The highest BCUT2D eigenvalue weighted by atomic mass is 16.3. The van der Waals surface area contributed by atoms with E-state index in [1.165, 1.54) is 82.0 Å². The molecule has 0 amide bonds. The molecule has 0 saturated heterocycles. The van der Waals surface area contributed by atoms with Crippen molar-refractivity contribution in [1.82, 2.24) is 0 Å². The van der Waals surface area contributed by atoms with Crippen LogP contribution in [0.4, 0.5) is 0 Å². The summed E-state index contributed by atoms with van der Waals surface area (Å²) in [5.41, 5.74) is 1.46. The van der Waals surface area contributed by atoms with Crippen molar-refractivity contribution in [2.45, 2.75) is 90.9 Å². The van der Waals surface area contributed by atoms with Crippen molar-refractivity contribution >= 4 is 0 Å². The molecule has 0 radical (unpaired) electrons. The Morgan fingerprint density at radius 1 is 0.737 bits per heavy atom. The molecular weight excluding hydrogens is 232 g/mol. The van der Waals surface area contributed by atoms with Crippen molar-refractivity contribution in [2.24, 2.45) is 0 Å². The lowest BCUT2D eigenvalue weighted by Crippen LogP contribution is -1.91. The fraction of sp³-hybridized carbons (Fsp3) is 0.778. The summed E-state index contributed by atoms with van der Waals surface area (Å²) in [6.45, 7) is 4.54. The van der Waals surface area contributed by atoms with E-state index in [9.17, 15) is 0 Å². The van der Waals surface area contributed by atoms with Gasteiger partial charge in [-0.1, -0.05) is 65.2 Å². The Balaban J connectivity index is 2.15. The minimum absolute atomic E-state index is 1.14. The second-order valence-corrected chi connectivity index (χ2v) is 5.70. The molecule has 19 heavy (non-hydrogen) atoms. The molecule has 1 rings (SSSR count). The first-order valence-electron chi connectivity index (χ1n) is 8.43. The van der Waals surface area contributed by atoms with Crippen LogP contribution in [-0.2, 0) is 12.8 Å². The molecule has 0 fully saturated rings. The molecule has 0 aliphatic carbocycles. The van der Waals surface area contributed by atoms with Crippen molar-refractivity contribution in [3.8, 4) is 0 Å². The number of furan rings is 1. The van der Waals surface area contributed by atoms with Gasteiger partial charge in [-0.3, -0.25) is 0 Å². The van der Waals surface area contributed by atoms with Crippen LogP contribution in [0, 0.1) is 0 Å². The molecule has 1 aromatic rings. The molecule has 110 valence electrons. The van der Waals surface area contributed by atoms with Crippen LogP contribution in [0.15, 0.2) is 16.7 Å². The van der Waals surface area contributed by atoms with E-state index in [1.54, 1.807) is 0 Å². The van der Waals surface area contributed by atoms with Crippen LogP contribution in [0.3, 0.4) is 0 Å². The van der Waals surface area contributed by atoms with Gasteiger partial charge in [-0.05, 0) is 30.9 Å². The summed E-state index contributed by atoms with van der Waals surface area (Å²) in [5, 5.41) is 0. The first kappa shape index (κ1) is 16.3. The molecule has 0 saturated carbocycles. The molecule has 1 heteroatoms. The predicted molar refractivity (Wildman–Crippen MR) is 83.6 cm³/mol. The minimum Gasteiger partial charge on any atom is -0.469 e. The van der Waals surface area contributed by atoms with Crippen molar-refractivity contribution in [1.29, 1.82) is 0 Å². The Morgan fingerprint density at radius 3 is 1.95 bits per heavy atom. The van der Waals surface area contributed by atoms with Gasteiger partial charge >= 0.3 is 0 Å². The van der Waals surface area contributed by atoms with Gasteiger partial charge < -0.3 is 4.42 Å². The molecular formula is C18H32O. The van der Waals surface area contributed by atoms with Crippen LogP contribution in [0.1, 0.15) is 89.4 Å². The van der Waals surface area contributed by atoms with Crippen LogP contribution in [-0.4, -0.2) is 0 Å². The third-order valence-electron chi connectivity index (χ3n) is 3.89. The van der Waals surface area contributed by atoms with Gasteiger partial charge in [0.1, 0.15) is 5.76 Å². The van der Waals surface area contributed by atoms with Gasteiger partial charge in [-0.15, -0.1) is 0 Å². The van der Waals surface area contributed by atoms with E-state index in [2.05, 4.69) is 19.9 Å². The van der Waals surface area contributed by atoms with Crippen LogP contribution in [0.2, 0.25) is 0 Å². The number of aryl methyl sites for hydroxylation is 2. The largest absolute Gasteiger partial charge is 0.469 e. The SMILES string of the molecule is CCCCCCCc1ccoc1CCCCCCC. The summed E-state index contributed by atoms with van der Waals surface area (Å²) in [5.74, 6) is 1.26. The zero-order chi connectivity index (χ0) is 13.8. The highest BCUT2D eigenvalue weighted by molar-refractivity contribution is 5.17. The van der Waals surface area contributed by atoms with Gasteiger partial charge in [-0.2, -0.15) is 0 Å². The molecule has 0 unspecified atom stereocenters. The second-order valence-electron chi connectivity index (χ2n) is 5.70. The third-order valence-corrected chi connectivity index (χ3v) is 3.89. The maximum absolute atomic E-state index is 5.65. The number of hydrogen-bond donors (Lipinski definition) is 0. The third kappa shape index (κ3) is 7.44. The first-order chi connectivity index (χ1) is 9.38. The molecule has 1 heterocycles. The van der Waals surface area contributed by atoms with Crippen LogP contribution in [0.25, 0.3) is 0 Å². The molecule has 1 aromatic heterocycles. The Bertz CT molecular complexity index is 272. The van der Waals surface area contributed by atoms with Gasteiger partial charge in [0.2, 0.25) is 0 Å². The molecule has 0 aromatic carbocycles. The van der Waals surface area contributed by atoms with Crippen molar-refractivity contribution < 1.29 is 4.42 Å². The normalized spacial score (nSPS) is 11.1. The highest BCUT2D eigenvalue weighted by Gasteiger charge is 2.05. The molecule has 0 atom stereocenters. The maximum atomic E-state index is 5.65. The van der Waals surface area contributed by atoms with Gasteiger partial charge in [-0.25, -0.2) is 0 Å². The second kappa shape index (κ2) is 11.1. The molecule has 0 aliphatic rings. The summed E-state index contributed by atoms with van der Waals surface area (Å²) >= 11 is 0. The van der Waals surface area contributed by atoms with E-state index in [4.69, 9.17) is 4.42 Å². The summed E-state index contributed by atoms with van der Waals surface area (Å²) in [7, 11) is 0. The molecule has 0 aliphatic heterocycles. The van der Waals surface area contributed by atoms with Crippen molar-refractivity contribution in [3.05, 3.63) is 23.7 Å². The van der Waals surface area contributed by atoms with Gasteiger partial charge in [0.25, 0.3) is 0 Å². The highest BCUT2D eigenvalue weighted by Crippen LogP contribution is 2.18. The van der Waals surface area contributed by atoms with E-state index in [1.807, 2.05) is 6.26 Å². The number of hydrogen-bond acceptors (Lipinski definition) is 1. The molecule has 0 N–H and O–H groups in total. The van der Waals surface area contributed by atoms with E-state index < -0.39 is 0 Å². The van der Waals surface area contributed by atoms with Gasteiger partial charge in [0, 0.05) is 6.42 Å². The monoisotopic (exact) mass is 264 g/mol. The Kier molecular flexibility index (Phi) is 9.57. The Labute approximate surface area is 119 Å². The van der Waals surface area contributed by atoms with E-state index in [0.717, 1.165) is 6.42 Å². The van der Waals surface area contributed by atoms with Crippen LogP contribution in [0.5, 0.6) is 0 Å². The average Bonchev–Trinajstić information content (AvgIpc) is 2.86. The lowest BCUT2D eigenvalue weighted by atomic mass is 10.0. The van der Waals surface area contributed by atoms with E-state index >= 15 is 0 Å². The van der Waals surface area contributed by atoms with Gasteiger partial charge in [0.05, 0.1) is 6.26 Å². The average molecular weight is 264 g/mol. The van der Waals surface area contributed by atoms with E-state index in [0.29, 0.717) is 0 Å². The standard InChI is InChI=1S/C18H32O/c1-3-5-7-9-11-13-17-15-16-19-18(17)14-12-10-8-6-4-2/h15-16H,3-14H2,1-2H3. The number of rotatable bonds is 12. The summed E-state index contributed by atoms with van der Waals surface area (Å²) < 4.78 is 5.65. The van der Waals surface area contributed by atoms with Crippen molar-refractivity contribution in [3.63, 3.8) is 0 Å². The molecule has 0 bridgehead atoms. The number of unbranched alkanes of at least 4 members (excludes halogenated alkanes) is 8. The summed E-state index contributed by atoms with van der Waals surface area (Å²) in [6, 6.07) is 2.18. The fourth-order valence-electron chi connectivity index (χ4n) is 2.62. The quantitative estimate of drug-likeness (QED) is 0.403. The van der Waals surface area contributed by atoms with E-state index in [-0.39, 0.29) is 0 Å². The lowest BCUT2D eigenvalue weighted by Gasteiger charge is -2.03. The van der Waals surface area contributed by atoms with Gasteiger partial charge in [0.15, 0.2) is 0 Å². The topological polar surface area (TPSA) is 13.1 Å². The summed E-state index contributed by atoms with van der Waals surface area (Å²) in [6.07, 6.45) is 17.7. The van der Waals surface area contributed by atoms with Crippen molar-refractivity contribution in [2.75, 3.05) is 0 Å². The van der Waals surface area contributed by atoms with Crippen LogP contribution >= 0.6 is 0 Å². The zero-order valence-electron chi connectivity index (χ0n) is 13.0. The zero-order valence-corrected chi connectivity index (χ0v) is 13.0. The van der Waals surface area contributed by atoms with Crippen LogP contribution < -0.4 is 0 Å². The first-order valence-corrected chi connectivity index (χ1v) is 8.43. The smallest absolute Gasteiger partial charge is 0.106 e. The Hall–Kier alpha value is -0.720. The lowest BCUT2D eigenvalue weighted by molar-refractivity contribution is 0.486. The molecule has 1 nitrogen and oxygen atoms in total.